The Balaban J connectivity index is 3.04. The van der Waals surface area contributed by atoms with Crippen molar-refractivity contribution in [3.8, 4) is 0 Å². The molecule has 0 radical (unpaired) electrons. The van der Waals surface area contributed by atoms with Crippen molar-refractivity contribution < 1.29 is 19.4 Å². The predicted molar refractivity (Wildman–Crippen MR) is 46.9 cm³/mol. The van der Waals surface area contributed by atoms with Crippen LogP contribution in [0.2, 0.25) is 0 Å². The largest absolute Gasteiger partial charge is 0.510 e. The lowest BCUT2D eigenvalue weighted by Gasteiger charge is -1.97. The number of rotatable bonds is 3. The summed E-state index contributed by atoms with van der Waals surface area (Å²) < 4.78 is 10.5. The highest BCUT2D eigenvalue weighted by Gasteiger charge is 2.17. The normalized spacial score (nSPS) is 11.0. The highest BCUT2D eigenvalue weighted by molar-refractivity contribution is 7.37. The molecule has 1 aromatic carbocycles. The Morgan fingerprint density at radius 3 is 2.54 bits per heavy atom. The van der Waals surface area contributed by atoms with Crippen LogP contribution in [-0.2, 0) is 10.7 Å². The van der Waals surface area contributed by atoms with Gasteiger partial charge in [-0.3, -0.25) is 0 Å². The summed E-state index contributed by atoms with van der Waals surface area (Å²) in [5, 5.41) is 8.70. The predicted octanol–water partition coefficient (Wildman–Crippen LogP) is 1.62. The zero-order valence-electron chi connectivity index (χ0n) is 6.67. The fourth-order valence-electron chi connectivity index (χ4n) is 1.01. The second kappa shape index (κ2) is 4.12. The van der Waals surface area contributed by atoms with Crippen LogP contribution in [0.1, 0.15) is 15.9 Å². The van der Waals surface area contributed by atoms with Crippen LogP contribution in [0.15, 0.2) is 24.3 Å². The van der Waals surface area contributed by atoms with Crippen LogP contribution in [0.25, 0.3) is 0 Å². The van der Waals surface area contributed by atoms with Crippen LogP contribution < -0.4 is 0 Å². The number of hydrogen-bond donors (Lipinski definition) is 2. The highest BCUT2D eigenvalue weighted by Crippen LogP contribution is 2.23. The fourth-order valence-corrected chi connectivity index (χ4v) is 1.58. The zero-order valence-corrected chi connectivity index (χ0v) is 7.57. The molecular formula is C8H8O4P+. The molecule has 0 aromatic heterocycles. The third-order valence-corrected chi connectivity index (χ3v) is 2.16. The summed E-state index contributed by atoms with van der Waals surface area (Å²) in [6.45, 7) is 0. The van der Waals surface area contributed by atoms with Crippen molar-refractivity contribution in [3.05, 3.63) is 35.4 Å². The molecule has 1 rings (SSSR count). The van der Waals surface area contributed by atoms with Gasteiger partial charge in [0.1, 0.15) is 0 Å². The summed E-state index contributed by atoms with van der Waals surface area (Å²) in [7, 11) is -2.33. The third kappa shape index (κ3) is 2.61. The zero-order chi connectivity index (χ0) is 9.84. The second-order valence-electron chi connectivity index (χ2n) is 2.47. The second-order valence-corrected chi connectivity index (χ2v) is 3.49. The van der Waals surface area contributed by atoms with E-state index in [0.717, 1.165) is 0 Å². The molecule has 0 aliphatic heterocycles. The number of benzene rings is 1. The Morgan fingerprint density at radius 1 is 1.38 bits per heavy atom. The number of carboxylic acids is 1. The van der Waals surface area contributed by atoms with E-state index in [-0.39, 0.29) is 11.7 Å². The average molecular weight is 199 g/mol. The molecule has 0 fully saturated rings. The quantitative estimate of drug-likeness (QED) is 0.725. The molecule has 5 heteroatoms. The molecule has 0 aliphatic rings. The fraction of sp³-hybridized carbons (Fsp3) is 0.125. The van der Waals surface area contributed by atoms with Crippen molar-refractivity contribution in [1.82, 2.24) is 0 Å². The molecule has 1 atom stereocenters. The van der Waals surface area contributed by atoms with E-state index in [2.05, 4.69) is 0 Å². The molecule has 0 bridgehead atoms. The van der Waals surface area contributed by atoms with Gasteiger partial charge in [-0.05, 0) is 10.6 Å². The summed E-state index contributed by atoms with van der Waals surface area (Å²) in [6.07, 6.45) is -0.113. The van der Waals surface area contributed by atoms with Gasteiger partial charge in [0, 0.05) is 5.56 Å². The summed E-state index contributed by atoms with van der Waals surface area (Å²) in [5.74, 6) is -1.08. The van der Waals surface area contributed by atoms with E-state index in [0.29, 0.717) is 5.56 Å². The number of carboxylic acid groups (broad SMARTS) is 1. The van der Waals surface area contributed by atoms with Crippen molar-refractivity contribution in [2.45, 2.75) is 6.16 Å². The van der Waals surface area contributed by atoms with Gasteiger partial charge in [0.2, 0.25) is 6.16 Å². The molecule has 0 saturated carbocycles. The van der Waals surface area contributed by atoms with Gasteiger partial charge in [0.05, 0.1) is 5.56 Å². The van der Waals surface area contributed by atoms with Crippen molar-refractivity contribution in [1.29, 1.82) is 0 Å². The molecule has 1 aromatic rings. The first-order valence-electron chi connectivity index (χ1n) is 3.56. The Labute approximate surface area is 75.7 Å². The van der Waals surface area contributed by atoms with Crippen molar-refractivity contribution in [2.75, 3.05) is 0 Å². The van der Waals surface area contributed by atoms with Gasteiger partial charge in [0.15, 0.2) is 0 Å². The van der Waals surface area contributed by atoms with Crippen LogP contribution in [0.3, 0.4) is 0 Å². The lowest BCUT2D eigenvalue weighted by atomic mass is 10.1. The van der Waals surface area contributed by atoms with Crippen molar-refractivity contribution in [2.24, 2.45) is 0 Å². The molecule has 0 saturated heterocycles. The summed E-state index contributed by atoms with van der Waals surface area (Å²) in [4.78, 5) is 19.3. The van der Waals surface area contributed by atoms with Crippen LogP contribution >= 0.6 is 8.03 Å². The SMILES string of the molecule is O=C(O)c1ccccc1C[P+](=O)O. The van der Waals surface area contributed by atoms with Gasteiger partial charge in [-0.15, -0.1) is 0 Å². The summed E-state index contributed by atoms with van der Waals surface area (Å²) >= 11 is 0. The average Bonchev–Trinajstić information content (AvgIpc) is 2.03. The molecule has 1 unspecified atom stereocenters. The number of carbonyl (C=O) groups is 1. The molecule has 2 N–H and O–H groups in total. The van der Waals surface area contributed by atoms with E-state index in [1.165, 1.54) is 12.1 Å². The Hall–Kier alpha value is -1.25. The summed E-state index contributed by atoms with van der Waals surface area (Å²) in [5.41, 5.74) is 0.471. The van der Waals surface area contributed by atoms with Crippen molar-refractivity contribution >= 4 is 14.0 Å². The first-order valence-corrected chi connectivity index (χ1v) is 4.96. The smallest absolute Gasteiger partial charge is 0.478 e. The Kier molecular flexibility index (Phi) is 3.12. The minimum Gasteiger partial charge on any atom is -0.478 e. The minimum absolute atomic E-state index is 0.0832. The molecular weight excluding hydrogens is 191 g/mol. The molecule has 68 valence electrons. The first kappa shape index (κ1) is 9.84. The van der Waals surface area contributed by atoms with E-state index in [4.69, 9.17) is 10.00 Å². The molecule has 13 heavy (non-hydrogen) atoms. The Bertz CT molecular complexity index is 348. The van der Waals surface area contributed by atoms with Gasteiger partial charge in [-0.25, -0.2) is 4.79 Å². The topological polar surface area (TPSA) is 74.6 Å². The lowest BCUT2D eigenvalue weighted by Crippen LogP contribution is -2.00. The molecule has 0 aliphatic carbocycles. The number of hydrogen-bond acceptors (Lipinski definition) is 2. The maximum Gasteiger partial charge on any atom is 0.510 e. The van der Waals surface area contributed by atoms with E-state index in [1.54, 1.807) is 12.1 Å². The van der Waals surface area contributed by atoms with E-state index in [9.17, 15) is 9.36 Å². The molecule has 0 heterocycles. The minimum atomic E-state index is -2.33. The third-order valence-electron chi connectivity index (χ3n) is 1.55. The van der Waals surface area contributed by atoms with Crippen LogP contribution in [0.5, 0.6) is 0 Å². The van der Waals surface area contributed by atoms with E-state index in [1.807, 2.05) is 0 Å². The van der Waals surface area contributed by atoms with E-state index >= 15 is 0 Å². The summed E-state index contributed by atoms with van der Waals surface area (Å²) in [6, 6.07) is 6.17. The van der Waals surface area contributed by atoms with Gasteiger partial charge in [-0.1, -0.05) is 18.2 Å². The standard InChI is InChI=1S/C8H7O4P/c9-8(10)7-4-2-1-3-6(7)5-13(11)12/h1-4H,5H2,(H-,9,10,11,12)/p+1. The maximum absolute atomic E-state index is 10.6. The number of aromatic carboxylic acids is 1. The van der Waals surface area contributed by atoms with Gasteiger partial charge < -0.3 is 5.11 Å². The van der Waals surface area contributed by atoms with Crippen LogP contribution in [0, 0.1) is 0 Å². The van der Waals surface area contributed by atoms with Gasteiger partial charge in [0.25, 0.3) is 0 Å². The van der Waals surface area contributed by atoms with Crippen molar-refractivity contribution in [3.63, 3.8) is 0 Å². The molecule has 4 nitrogen and oxygen atoms in total. The van der Waals surface area contributed by atoms with E-state index < -0.39 is 14.0 Å². The van der Waals surface area contributed by atoms with Gasteiger partial charge in [-0.2, -0.15) is 4.89 Å². The monoisotopic (exact) mass is 199 g/mol. The van der Waals surface area contributed by atoms with Crippen LogP contribution in [-0.4, -0.2) is 16.0 Å². The van der Waals surface area contributed by atoms with Gasteiger partial charge >= 0.3 is 14.0 Å². The lowest BCUT2D eigenvalue weighted by molar-refractivity contribution is 0.0696. The van der Waals surface area contributed by atoms with Crippen LogP contribution in [0.4, 0.5) is 0 Å². The Morgan fingerprint density at radius 2 is 2.00 bits per heavy atom. The first-order chi connectivity index (χ1) is 6.11. The molecule has 0 spiro atoms. The highest BCUT2D eigenvalue weighted by atomic mass is 31.1. The molecule has 0 amide bonds. The maximum atomic E-state index is 10.6.